The molecule has 2 rings (SSSR count). The third kappa shape index (κ3) is 5.48. The maximum atomic E-state index is 12.4. The van der Waals surface area contributed by atoms with E-state index < -0.39 is 17.5 Å². The molecule has 0 saturated heterocycles. The van der Waals surface area contributed by atoms with Crippen molar-refractivity contribution in [3.8, 4) is 0 Å². The summed E-state index contributed by atoms with van der Waals surface area (Å²) in [6.07, 6.45) is 5.03. The maximum absolute atomic E-state index is 12.4. The Morgan fingerprint density at radius 2 is 2.19 bits per heavy atom. The molecule has 0 aliphatic carbocycles. The molecule has 146 valence electrons. The van der Waals surface area contributed by atoms with Crippen LogP contribution in [0.5, 0.6) is 0 Å². The predicted molar refractivity (Wildman–Crippen MR) is 97.9 cm³/mol. The van der Waals surface area contributed by atoms with Gasteiger partial charge in [0.15, 0.2) is 0 Å². The molecular formula is C17H24N6O4. The Morgan fingerprint density at radius 1 is 1.41 bits per heavy atom. The van der Waals surface area contributed by atoms with Gasteiger partial charge in [-0.2, -0.15) is 9.97 Å². The fraction of sp³-hybridized carbons (Fsp3) is 0.471. The summed E-state index contributed by atoms with van der Waals surface area (Å²) in [6.45, 7) is 3.72. The highest BCUT2D eigenvalue weighted by molar-refractivity contribution is 5.80. The summed E-state index contributed by atoms with van der Waals surface area (Å²) in [5.74, 6) is -1.07. The van der Waals surface area contributed by atoms with Gasteiger partial charge in [-0.05, 0) is 25.0 Å². The summed E-state index contributed by atoms with van der Waals surface area (Å²) in [4.78, 5) is 43.1. The van der Waals surface area contributed by atoms with Gasteiger partial charge in [0, 0.05) is 6.20 Å². The van der Waals surface area contributed by atoms with E-state index in [1.807, 2.05) is 19.9 Å². The van der Waals surface area contributed by atoms with Crippen LogP contribution in [0.1, 0.15) is 38.2 Å². The van der Waals surface area contributed by atoms with Gasteiger partial charge in [0.25, 0.3) is 0 Å². The number of pyridine rings is 1. The predicted octanol–water partition coefficient (Wildman–Crippen LogP) is 0.885. The summed E-state index contributed by atoms with van der Waals surface area (Å²) in [6, 6.07) is 3.53. The number of rotatable bonds is 10. The topological polar surface area (TPSA) is 129 Å². The lowest BCUT2D eigenvalue weighted by molar-refractivity contribution is -0.154. The zero-order valence-corrected chi connectivity index (χ0v) is 15.4. The minimum Gasteiger partial charge on any atom is -0.286 e. The van der Waals surface area contributed by atoms with E-state index in [4.69, 9.17) is 0 Å². The average molecular weight is 376 g/mol. The van der Waals surface area contributed by atoms with Crippen molar-refractivity contribution in [1.82, 2.24) is 24.9 Å². The monoisotopic (exact) mass is 376 g/mol. The molecule has 10 heteroatoms. The zero-order chi connectivity index (χ0) is 19.8. The number of hydrogen-bond acceptors (Lipinski definition) is 7. The highest BCUT2D eigenvalue weighted by atomic mass is 16.5. The molecule has 0 unspecified atom stereocenters. The second-order valence-corrected chi connectivity index (χ2v) is 6.25. The molecule has 0 radical (unpaired) electrons. The molecule has 2 heterocycles. The molecule has 2 amide bonds. The Kier molecular flexibility index (Phi) is 7.24. The third-order valence-electron chi connectivity index (χ3n) is 4.14. The molecule has 2 aromatic rings. The van der Waals surface area contributed by atoms with E-state index in [2.05, 4.69) is 20.8 Å². The summed E-state index contributed by atoms with van der Waals surface area (Å²) >= 11 is 0. The van der Waals surface area contributed by atoms with E-state index in [1.54, 1.807) is 12.3 Å². The average Bonchev–Trinajstić information content (AvgIpc) is 2.66. The normalized spacial score (nSPS) is 11.8. The van der Waals surface area contributed by atoms with Crippen LogP contribution >= 0.6 is 0 Å². The van der Waals surface area contributed by atoms with Crippen molar-refractivity contribution in [3.05, 3.63) is 34.4 Å². The number of aryl methyl sites for hydroxylation is 1. The number of carbonyl (C=O) groups is 2. The lowest BCUT2D eigenvalue weighted by atomic mass is 10.0. The van der Waals surface area contributed by atoms with Crippen LogP contribution in [-0.4, -0.2) is 43.5 Å². The van der Waals surface area contributed by atoms with Crippen LogP contribution in [0.3, 0.4) is 0 Å². The fourth-order valence-electron chi connectivity index (χ4n) is 2.67. The smallest absolute Gasteiger partial charge is 0.286 e. The van der Waals surface area contributed by atoms with Crippen molar-refractivity contribution < 1.29 is 14.8 Å². The molecule has 1 atom stereocenters. The highest BCUT2D eigenvalue weighted by Crippen LogP contribution is 2.12. The van der Waals surface area contributed by atoms with Crippen LogP contribution in [0, 0.1) is 12.8 Å². The molecule has 0 aliphatic rings. The Morgan fingerprint density at radius 3 is 2.89 bits per heavy atom. The van der Waals surface area contributed by atoms with Crippen LogP contribution in [0.25, 0.3) is 5.65 Å². The van der Waals surface area contributed by atoms with Crippen LogP contribution in [-0.2, 0) is 9.59 Å². The molecule has 10 nitrogen and oxygen atoms in total. The SMILES string of the molecule is CCCCC[C@H](CN(O)C=O)C(=O)NNc1nc(=O)n2cccc(C)c2n1. The number of nitrogens with one attached hydrogen (secondary N) is 2. The van der Waals surface area contributed by atoms with E-state index >= 15 is 0 Å². The van der Waals surface area contributed by atoms with Crippen LogP contribution in [0.15, 0.2) is 23.1 Å². The van der Waals surface area contributed by atoms with E-state index in [0.717, 1.165) is 24.8 Å². The third-order valence-corrected chi connectivity index (χ3v) is 4.14. The number of carbonyl (C=O) groups excluding carboxylic acids is 2. The Balaban J connectivity index is 2.09. The van der Waals surface area contributed by atoms with Gasteiger partial charge in [-0.15, -0.1) is 0 Å². The number of unbranched alkanes of at least 4 members (excludes halogenated alkanes) is 2. The van der Waals surface area contributed by atoms with Gasteiger partial charge in [0.2, 0.25) is 18.3 Å². The first-order valence-corrected chi connectivity index (χ1v) is 8.79. The van der Waals surface area contributed by atoms with Crippen molar-refractivity contribution in [3.63, 3.8) is 0 Å². The van der Waals surface area contributed by atoms with E-state index in [9.17, 15) is 19.6 Å². The number of hydrazine groups is 1. The first-order valence-electron chi connectivity index (χ1n) is 8.79. The van der Waals surface area contributed by atoms with Crippen molar-refractivity contribution in [2.45, 2.75) is 39.5 Å². The zero-order valence-electron chi connectivity index (χ0n) is 15.4. The number of aromatic nitrogens is 3. The van der Waals surface area contributed by atoms with Crippen molar-refractivity contribution in [1.29, 1.82) is 0 Å². The largest absolute Gasteiger partial charge is 0.356 e. The first-order chi connectivity index (χ1) is 13.0. The number of fused-ring (bicyclic) bond motifs is 1. The maximum Gasteiger partial charge on any atom is 0.356 e. The van der Waals surface area contributed by atoms with Crippen molar-refractivity contribution in [2.75, 3.05) is 12.0 Å². The summed E-state index contributed by atoms with van der Waals surface area (Å²) in [5, 5.41) is 9.84. The van der Waals surface area contributed by atoms with E-state index in [-0.39, 0.29) is 18.9 Å². The van der Waals surface area contributed by atoms with Gasteiger partial charge in [-0.3, -0.25) is 30.0 Å². The molecule has 2 aromatic heterocycles. The molecule has 0 saturated carbocycles. The molecule has 0 aliphatic heterocycles. The minimum atomic E-state index is -0.609. The number of amides is 2. The van der Waals surface area contributed by atoms with E-state index in [0.29, 0.717) is 17.1 Å². The second-order valence-electron chi connectivity index (χ2n) is 6.25. The summed E-state index contributed by atoms with van der Waals surface area (Å²) in [7, 11) is 0. The fourth-order valence-corrected chi connectivity index (χ4v) is 2.67. The molecular weight excluding hydrogens is 352 g/mol. The molecule has 27 heavy (non-hydrogen) atoms. The Labute approximate surface area is 156 Å². The summed E-state index contributed by atoms with van der Waals surface area (Å²) < 4.78 is 1.31. The molecule has 0 bridgehead atoms. The standard InChI is InChI=1S/C17H24N6O4/c1-3-4-5-8-13(10-22(27)11-24)15(25)20-21-16-18-14-12(2)7-6-9-23(14)17(26)19-16/h6-7,9,11,13,27H,3-5,8,10H2,1-2H3,(H,20,25)(H,19,21,26)/t13-/m1/s1. The van der Waals surface area contributed by atoms with Gasteiger partial charge in [-0.25, -0.2) is 9.86 Å². The Bertz CT molecular complexity index is 853. The number of anilines is 1. The second kappa shape index (κ2) is 9.62. The van der Waals surface area contributed by atoms with Gasteiger partial charge in [0.05, 0.1) is 12.5 Å². The van der Waals surface area contributed by atoms with Gasteiger partial charge >= 0.3 is 5.69 Å². The van der Waals surface area contributed by atoms with Gasteiger partial charge < -0.3 is 0 Å². The quantitative estimate of drug-likeness (QED) is 0.243. The van der Waals surface area contributed by atoms with Crippen LogP contribution in [0.4, 0.5) is 5.95 Å². The van der Waals surface area contributed by atoms with Crippen LogP contribution < -0.4 is 16.5 Å². The minimum absolute atomic E-state index is 0.0359. The van der Waals surface area contributed by atoms with Crippen molar-refractivity contribution >= 4 is 23.9 Å². The lowest BCUT2D eigenvalue weighted by Crippen LogP contribution is -2.41. The molecule has 0 spiro atoms. The van der Waals surface area contributed by atoms with E-state index in [1.165, 1.54) is 4.40 Å². The molecule has 0 aromatic carbocycles. The number of hydrogen-bond donors (Lipinski definition) is 3. The van der Waals surface area contributed by atoms with Gasteiger partial charge in [0.1, 0.15) is 5.65 Å². The molecule has 0 fully saturated rings. The Hall–Kier alpha value is -3.01. The lowest BCUT2D eigenvalue weighted by Gasteiger charge is -2.19. The van der Waals surface area contributed by atoms with Gasteiger partial charge in [-0.1, -0.05) is 32.3 Å². The molecule has 3 N–H and O–H groups in total. The summed E-state index contributed by atoms with van der Waals surface area (Å²) in [5.41, 5.74) is 5.68. The first kappa shape index (κ1) is 20.3. The number of nitrogens with zero attached hydrogens (tertiary/aromatic N) is 4. The number of hydroxylamine groups is 2. The van der Waals surface area contributed by atoms with Crippen LogP contribution in [0.2, 0.25) is 0 Å². The van der Waals surface area contributed by atoms with Crippen molar-refractivity contribution in [2.24, 2.45) is 5.92 Å². The highest BCUT2D eigenvalue weighted by Gasteiger charge is 2.21.